The van der Waals surface area contributed by atoms with E-state index in [9.17, 15) is 4.79 Å². The number of fused-ring (bicyclic) bond motifs is 1. The highest BCUT2D eigenvalue weighted by atomic mass is 35.5. The Hall–Kier alpha value is -1.07. The van der Waals surface area contributed by atoms with Gasteiger partial charge in [-0.05, 0) is 44.7 Å². The smallest absolute Gasteiger partial charge is 0.220 e. The van der Waals surface area contributed by atoms with Crippen molar-refractivity contribution in [1.29, 1.82) is 0 Å². The molecule has 3 heterocycles. The fourth-order valence-electron chi connectivity index (χ4n) is 3.79. The average Bonchev–Trinajstić information content (AvgIpc) is 2.96. The van der Waals surface area contributed by atoms with Gasteiger partial charge in [0.15, 0.2) is 5.15 Å². The average molecular weight is 326 g/mol. The number of aryl methyl sites for hydroxylation is 1. The van der Waals surface area contributed by atoms with Gasteiger partial charge in [-0.15, -0.1) is 0 Å². The maximum atomic E-state index is 12.0. The van der Waals surface area contributed by atoms with Crippen LogP contribution in [0.3, 0.4) is 0 Å². The number of aromatic nitrogens is 1. The molecule has 0 aliphatic carbocycles. The number of nitrogens with zero attached hydrogens (tertiary/aromatic N) is 2. The fraction of sp³-hybridized carbons (Fsp3) is 0.750. The molecule has 0 radical (unpaired) electrons. The zero-order valence-corrected chi connectivity index (χ0v) is 13.6. The van der Waals surface area contributed by atoms with Gasteiger partial charge < -0.3 is 14.7 Å². The molecule has 0 bridgehead atoms. The minimum absolute atomic E-state index is 0.0838. The summed E-state index contributed by atoms with van der Waals surface area (Å²) in [5.74, 6) is 1.36. The summed E-state index contributed by atoms with van der Waals surface area (Å²) in [7, 11) is 0. The summed E-state index contributed by atoms with van der Waals surface area (Å²) >= 11 is 5.69. The molecule has 0 spiro atoms. The number of hydrogen-bond acceptors (Lipinski definition) is 4. The molecule has 6 heteroatoms. The molecule has 0 unspecified atom stereocenters. The lowest BCUT2D eigenvalue weighted by Gasteiger charge is -2.44. The van der Waals surface area contributed by atoms with Crippen molar-refractivity contribution in [3.05, 3.63) is 17.0 Å². The first-order valence-electron chi connectivity index (χ1n) is 8.34. The van der Waals surface area contributed by atoms with Crippen LogP contribution in [0.1, 0.15) is 44.3 Å². The molecule has 2 aliphatic heterocycles. The Balaban J connectivity index is 1.42. The normalized spacial score (nSPS) is 25.7. The third-order valence-electron chi connectivity index (χ3n) is 4.92. The van der Waals surface area contributed by atoms with Gasteiger partial charge in [-0.25, -0.2) is 0 Å². The number of nitrogens with one attached hydrogen (secondary N) is 1. The van der Waals surface area contributed by atoms with E-state index in [4.69, 9.17) is 16.1 Å². The summed E-state index contributed by atoms with van der Waals surface area (Å²) in [6.45, 7) is 3.28. The van der Waals surface area contributed by atoms with Crippen molar-refractivity contribution in [3.8, 4) is 0 Å². The Morgan fingerprint density at radius 3 is 3.05 bits per heavy atom. The molecule has 1 amide bonds. The SMILES string of the molecule is O=C(CCc1cc(Cl)no1)NC[C@H]1CCCN2CCCC[C@H]12. The number of amides is 1. The summed E-state index contributed by atoms with van der Waals surface area (Å²) in [6.07, 6.45) is 7.41. The van der Waals surface area contributed by atoms with Crippen LogP contribution in [-0.2, 0) is 11.2 Å². The molecule has 3 rings (SSSR count). The molecule has 1 aromatic heterocycles. The minimum atomic E-state index is 0.0838. The quantitative estimate of drug-likeness (QED) is 0.904. The Morgan fingerprint density at radius 2 is 2.23 bits per heavy atom. The second-order valence-electron chi connectivity index (χ2n) is 6.42. The number of hydrogen-bond donors (Lipinski definition) is 1. The van der Waals surface area contributed by atoms with Crippen LogP contribution in [0.5, 0.6) is 0 Å². The van der Waals surface area contributed by atoms with E-state index in [1.807, 2.05) is 0 Å². The van der Waals surface area contributed by atoms with Crippen molar-refractivity contribution in [2.45, 2.75) is 51.0 Å². The van der Waals surface area contributed by atoms with E-state index >= 15 is 0 Å². The lowest BCUT2D eigenvalue weighted by molar-refractivity contribution is -0.121. The lowest BCUT2D eigenvalue weighted by atomic mass is 9.83. The van der Waals surface area contributed by atoms with E-state index in [1.165, 1.54) is 45.2 Å². The van der Waals surface area contributed by atoms with E-state index in [2.05, 4.69) is 15.4 Å². The second-order valence-corrected chi connectivity index (χ2v) is 6.81. The van der Waals surface area contributed by atoms with Crippen LogP contribution in [0.4, 0.5) is 0 Å². The highest BCUT2D eigenvalue weighted by Crippen LogP contribution is 2.30. The van der Waals surface area contributed by atoms with Crippen molar-refractivity contribution < 1.29 is 9.32 Å². The largest absolute Gasteiger partial charge is 0.360 e. The van der Waals surface area contributed by atoms with Gasteiger partial charge in [0.25, 0.3) is 0 Å². The number of piperidine rings is 2. The molecule has 22 heavy (non-hydrogen) atoms. The molecule has 122 valence electrons. The Bertz CT molecular complexity index is 503. The molecule has 1 N–H and O–H groups in total. The molecular weight excluding hydrogens is 302 g/mol. The zero-order valence-electron chi connectivity index (χ0n) is 12.9. The summed E-state index contributed by atoms with van der Waals surface area (Å²) in [4.78, 5) is 14.6. The molecule has 2 aliphatic rings. The van der Waals surface area contributed by atoms with Gasteiger partial charge in [0.2, 0.25) is 5.91 Å². The van der Waals surface area contributed by atoms with Crippen LogP contribution in [-0.4, -0.2) is 41.6 Å². The maximum Gasteiger partial charge on any atom is 0.220 e. The molecule has 5 nitrogen and oxygen atoms in total. The molecular formula is C16H24ClN3O2. The molecule has 2 atom stereocenters. The third kappa shape index (κ3) is 4.02. The van der Waals surface area contributed by atoms with Crippen LogP contribution >= 0.6 is 11.6 Å². The number of rotatable bonds is 5. The fourth-order valence-corrected chi connectivity index (χ4v) is 3.95. The first-order valence-corrected chi connectivity index (χ1v) is 8.72. The van der Waals surface area contributed by atoms with E-state index in [0.29, 0.717) is 35.7 Å². The lowest BCUT2D eigenvalue weighted by Crippen LogP contribution is -2.51. The maximum absolute atomic E-state index is 12.0. The number of carbonyl (C=O) groups excluding carboxylic acids is 1. The van der Waals surface area contributed by atoms with Gasteiger partial charge in [0.1, 0.15) is 5.76 Å². The van der Waals surface area contributed by atoms with Crippen molar-refractivity contribution >= 4 is 17.5 Å². The summed E-state index contributed by atoms with van der Waals surface area (Å²) in [5, 5.41) is 7.06. The van der Waals surface area contributed by atoms with Crippen molar-refractivity contribution in [2.75, 3.05) is 19.6 Å². The predicted octanol–water partition coefficient (Wildman–Crippen LogP) is 2.64. The van der Waals surface area contributed by atoms with Crippen molar-refractivity contribution in [2.24, 2.45) is 5.92 Å². The van der Waals surface area contributed by atoms with Crippen LogP contribution in [0, 0.1) is 5.92 Å². The number of halogens is 1. The Kier molecular flexibility index (Phi) is 5.37. The second kappa shape index (κ2) is 7.47. The Morgan fingerprint density at radius 1 is 1.36 bits per heavy atom. The topological polar surface area (TPSA) is 58.4 Å². The first-order chi connectivity index (χ1) is 10.7. The predicted molar refractivity (Wildman–Crippen MR) is 84.8 cm³/mol. The van der Waals surface area contributed by atoms with Crippen LogP contribution in [0.25, 0.3) is 0 Å². The zero-order chi connectivity index (χ0) is 15.4. The van der Waals surface area contributed by atoms with E-state index < -0.39 is 0 Å². The number of carbonyl (C=O) groups is 1. The van der Waals surface area contributed by atoms with Crippen LogP contribution in [0.2, 0.25) is 5.15 Å². The van der Waals surface area contributed by atoms with Crippen LogP contribution < -0.4 is 5.32 Å². The highest BCUT2D eigenvalue weighted by Gasteiger charge is 2.32. The van der Waals surface area contributed by atoms with Gasteiger partial charge in [-0.2, -0.15) is 0 Å². The standard InChI is InChI=1S/C16H24ClN3O2/c17-15-10-13(22-19-15)6-7-16(21)18-11-12-4-3-9-20-8-2-1-5-14(12)20/h10,12,14H,1-9,11H2,(H,18,21)/t12-,14-/m1/s1. The molecule has 2 fully saturated rings. The summed E-state index contributed by atoms with van der Waals surface area (Å²) in [6, 6.07) is 2.34. The third-order valence-corrected chi connectivity index (χ3v) is 5.10. The van der Waals surface area contributed by atoms with E-state index in [-0.39, 0.29) is 5.91 Å². The monoisotopic (exact) mass is 325 g/mol. The van der Waals surface area contributed by atoms with Crippen molar-refractivity contribution in [1.82, 2.24) is 15.4 Å². The van der Waals surface area contributed by atoms with Crippen LogP contribution in [0.15, 0.2) is 10.6 Å². The molecule has 0 aromatic carbocycles. The molecule has 2 saturated heterocycles. The van der Waals surface area contributed by atoms with E-state index in [0.717, 1.165) is 6.54 Å². The first kappa shape index (κ1) is 15.8. The summed E-state index contributed by atoms with van der Waals surface area (Å²) < 4.78 is 5.01. The van der Waals surface area contributed by atoms with Gasteiger partial charge in [0, 0.05) is 31.5 Å². The van der Waals surface area contributed by atoms with Gasteiger partial charge >= 0.3 is 0 Å². The molecule has 0 saturated carbocycles. The van der Waals surface area contributed by atoms with Gasteiger partial charge in [0.05, 0.1) is 0 Å². The highest BCUT2D eigenvalue weighted by molar-refractivity contribution is 6.29. The van der Waals surface area contributed by atoms with E-state index in [1.54, 1.807) is 6.07 Å². The minimum Gasteiger partial charge on any atom is -0.360 e. The van der Waals surface area contributed by atoms with Gasteiger partial charge in [-0.1, -0.05) is 23.2 Å². The summed E-state index contributed by atoms with van der Waals surface area (Å²) in [5.41, 5.74) is 0. The Labute approximate surface area is 136 Å². The molecule has 1 aromatic rings. The van der Waals surface area contributed by atoms with Gasteiger partial charge in [-0.3, -0.25) is 4.79 Å². The van der Waals surface area contributed by atoms with Crippen molar-refractivity contribution in [3.63, 3.8) is 0 Å².